The van der Waals surface area contributed by atoms with Gasteiger partial charge in [-0.2, -0.15) is 0 Å². The fourth-order valence-electron chi connectivity index (χ4n) is 3.40. The van der Waals surface area contributed by atoms with Gasteiger partial charge in [0.2, 0.25) is 0 Å². The first-order chi connectivity index (χ1) is 16.9. The topological polar surface area (TPSA) is 97.8 Å². The first kappa shape index (κ1) is 24.6. The van der Waals surface area contributed by atoms with Crippen LogP contribution in [0.5, 0.6) is 11.5 Å². The van der Waals surface area contributed by atoms with Crippen LogP contribution in [0, 0.1) is 11.7 Å². The van der Waals surface area contributed by atoms with Gasteiger partial charge in [-0.1, -0.05) is 11.6 Å². The number of ketones is 1. The zero-order valence-corrected chi connectivity index (χ0v) is 19.8. The highest BCUT2D eigenvalue weighted by Crippen LogP contribution is 2.33. The standard InChI is InChI=1S/C26H24ClFN2O5/c1-34-25-11-18(5-7-24(25)35-14-15-2-3-15)26(33)29-12-23(32)22-9-16(13-31)8-21(30-22)17-4-6-20(28)19(27)10-17/h4-11,15,31H,2-3,12-14H2,1H3,(H,29,33). The third kappa shape index (κ3) is 6.15. The zero-order chi connectivity index (χ0) is 24.9. The number of aliphatic hydroxyl groups is 1. The molecule has 1 saturated carbocycles. The van der Waals surface area contributed by atoms with Gasteiger partial charge in [-0.05, 0) is 72.9 Å². The van der Waals surface area contributed by atoms with E-state index < -0.39 is 17.5 Å². The molecule has 1 aromatic heterocycles. The van der Waals surface area contributed by atoms with Crippen LogP contribution in [-0.2, 0) is 6.61 Å². The second-order valence-electron chi connectivity index (χ2n) is 8.26. The van der Waals surface area contributed by atoms with Crippen molar-refractivity contribution in [2.45, 2.75) is 19.4 Å². The molecule has 0 bridgehead atoms. The van der Waals surface area contributed by atoms with E-state index in [1.54, 1.807) is 24.3 Å². The van der Waals surface area contributed by atoms with Gasteiger partial charge in [0.05, 0.1) is 37.6 Å². The number of carbonyl (C=O) groups is 2. The number of aromatic nitrogens is 1. The van der Waals surface area contributed by atoms with Crippen molar-refractivity contribution in [3.8, 4) is 22.8 Å². The lowest BCUT2D eigenvalue weighted by Gasteiger charge is -2.12. The van der Waals surface area contributed by atoms with Gasteiger partial charge in [-0.3, -0.25) is 9.59 Å². The Balaban J connectivity index is 1.45. The monoisotopic (exact) mass is 498 g/mol. The molecule has 35 heavy (non-hydrogen) atoms. The number of halogens is 2. The van der Waals surface area contributed by atoms with Gasteiger partial charge in [0.1, 0.15) is 11.5 Å². The van der Waals surface area contributed by atoms with E-state index in [1.807, 2.05) is 0 Å². The smallest absolute Gasteiger partial charge is 0.251 e. The van der Waals surface area contributed by atoms with Crippen molar-refractivity contribution in [1.29, 1.82) is 0 Å². The minimum atomic E-state index is -0.577. The zero-order valence-electron chi connectivity index (χ0n) is 19.0. The molecular formula is C26H24ClFN2O5. The first-order valence-electron chi connectivity index (χ1n) is 11.1. The molecule has 0 radical (unpaired) electrons. The van der Waals surface area contributed by atoms with Crippen molar-refractivity contribution in [1.82, 2.24) is 10.3 Å². The minimum absolute atomic E-state index is 0.0497. The molecule has 0 aliphatic heterocycles. The van der Waals surface area contributed by atoms with E-state index in [1.165, 1.54) is 31.4 Å². The molecule has 0 spiro atoms. The molecule has 1 fully saturated rings. The highest BCUT2D eigenvalue weighted by Gasteiger charge is 2.23. The average molecular weight is 499 g/mol. The van der Waals surface area contributed by atoms with Crippen LogP contribution in [0.2, 0.25) is 5.02 Å². The van der Waals surface area contributed by atoms with E-state index in [9.17, 15) is 19.1 Å². The van der Waals surface area contributed by atoms with Gasteiger partial charge in [-0.15, -0.1) is 0 Å². The Bertz CT molecular complexity index is 1260. The highest BCUT2D eigenvalue weighted by atomic mass is 35.5. The summed E-state index contributed by atoms with van der Waals surface area (Å²) in [4.78, 5) is 29.8. The van der Waals surface area contributed by atoms with E-state index >= 15 is 0 Å². The largest absolute Gasteiger partial charge is 0.493 e. The van der Waals surface area contributed by atoms with Crippen LogP contribution >= 0.6 is 11.6 Å². The third-order valence-corrected chi connectivity index (χ3v) is 5.87. The fourth-order valence-corrected chi connectivity index (χ4v) is 3.58. The van der Waals surface area contributed by atoms with Crippen LogP contribution in [0.3, 0.4) is 0 Å². The molecule has 1 aliphatic carbocycles. The van der Waals surface area contributed by atoms with Crippen molar-refractivity contribution >= 4 is 23.3 Å². The predicted octanol–water partition coefficient (Wildman–Crippen LogP) is 4.44. The van der Waals surface area contributed by atoms with Gasteiger partial charge >= 0.3 is 0 Å². The molecule has 3 aromatic rings. The number of nitrogens with zero attached hydrogens (tertiary/aromatic N) is 1. The van der Waals surface area contributed by atoms with E-state index in [4.69, 9.17) is 21.1 Å². The number of pyridine rings is 1. The van der Waals surface area contributed by atoms with Crippen molar-refractivity contribution in [2.75, 3.05) is 20.3 Å². The number of carbonyl (C=O) groups excluding carboxylic acids is 2. The fraction of sp³-hybridized carbons (Fsp3) is 0.269. The lowest BCUT2D eigenvalue weighted by Crippen LogP contribution is -2.30. The third-order valence-electron chi connectivity index (χ3n) is 5.58. The molecule has 7 nitrogen and oxygen atoms in total. The number of hydrogen-bond acceptors (Lipinski definition) is 6. The summed E-state index contributed by atoms with van der Waals surface area (Å²) < 4.78 is 24.6. The van der Waals surface area contributed by atoms with Crippen LogP contribution in [0.15, 0.2) is 48.5 Å². The molecule has 4 rings (SSSR count). The summed E-state index contributed by atoms with van der Waals surface area (Å²) in [7, 11) is 1.50. The van der Waals surface area contributed by atoms with Gasteiger partial charge in [0, 0.05) is 11.1 Å². The summed E-state index contributed by atoms with van der Waals surface area (Å²) in [6.07, 6.45) is 2.32. The Morgan fingerprint density at radius 3 is 2.63 bits per heavy atom. The number of Topliss-reactive ketones (excluding diaryl/α,β-unsaturated/α-hetero) is 1. The van der Waals surface area contributed by atoms with E-state index in [2.05, 4.69) is 10.3 Å². The number of methoxy groups -OCH3 is 1. The second-order valence-corrected chi connectivity index (χ2v) is 8.67. The Morgan fingerprint density at radius 2 is 1.94 bits per heavy atom. The van der Waals surface area contributed by atoms with Gasteiger partial charge in [0.15, 0.2) is 17.3 Å². The Kier molecular flexibility index (Phi) is 7.63. The number of benzene rings is 2. The van der Waals surface area contributed by atoms with Crippen LogP contribution < -0.4 is 14.8 Å². The second kappa shape index (κ2) is 10.8. The van der Waals surface area contributed by atoms with Crippen molar-refractivity contribution in [2.24, 2.45) is 5.92 Å². The molecule has 2 N–H and O–H groups in total. The van der Waals surface area contributed by atoms with Crippen molar-refractivity contribution in [3.05, 3.63) is 76.2 Å². The van der Waals surface area contributed by atoms with E-state index in [-0.39, 0.29) is 23.9 Å². The SMILES string of the molecule is COc1cc(C(=O)NCC(=O)c2cc(CO)cc(-c3ccc(F)c(Cl)c3)n2)ccc1OCC1CC1. The molecule has 0 saturated heterocycles. The quantitative estimate of drug-likeness (QED) is 0.401. The summed E-state index contributed by atoms with van der Waals surface area (Å²) in [5.41, 5.74) is 1.64. The van der Waals surface area contributed by atoms with Gasteiger partial charge < -0.3 is 19.9 Å². The van der Waals surface area contributed by atoms with E-state index in [0.29, 0.717) is 46.4 Å². The van der Waals surface area contributed by atoms with Crippen LogP contribution in [0.4, 0.5) is 4.39 Å². The number of aliphatic hydroxyl groups excluding tert-OH is 1. The van der Waals surface area contributed by atoms with Crippen LogP contribution in [0.25, 0.3) is 11.3 Å². The van der Waals surface area contributed by atoms with Crippen molar-refractivity contribution < 1.29 is 28.6 Å². The molecule has 9 heteroatoms. The molecule has 0 atom stereocenters. The van der Waals surface area contributed by atoms with Gasteiger partial charge in [-0.25, -0.2) is 9.37 Å². The van der Waals surface area contributed by atoms with Crippen molar-refractivity contribution in [3.63, 3.8) is 0 Å². The van der Waals surface area contributed by atoms with Crippen LogP contribution in [0.1, 0.15) is 39.3 Å². The molecule has 0 unspecified atom stereocenters. The summed E-state index contributed by atoms with van der Waals surface area (Å²) in [6.45, 7) is -0.0267. The minimum Gasteiger partial charge on any atom is -0.493 e. The van der Waals surface area contributed by atoms with E-state index in [0.717, 1.165) is 12.8 Å². The number of hydrogen-bond donors (Lipinski definition) is 2. The Morgan fingerprint density at radius 1 is 1.14 bits per heavy atom. The molecule has 1 amide bonds. The number of ether oxygens (including phenoxy) is 2. The average Bonchev–Trinajstić information content (AvgIpc) is 3.71. The normalized spacial score (nSPS) is 12.8. The predicted molar refractivity (Wildman–Crippen MR) is 128 cm³/mol. The molecule has 2 aromatic carbocycles. The summed E-state index contributed by atoms with van der Waals surface area (Å²) >= 11 is 5.86. The highest BCUT2D eigenvalue weighted by molar-refractivity contribution is 6.31. The van der Waals surface area contributed by atoms with Gasteiger partial charge in [0.25, 0.3) is 5.91 Å². The lowest BCUT2D eigenvalue weighted by molar-refractivity contribution is 0.0902. The lowest BCUT2D eigenvalue weighted by atomic mass is 10.1. The maximum atomic E-state index is 13.5. The Hall–Kier alpha value is -3.49. The summed E-state index contributed by atoms with van der Waals surface area (Å²) in [6, 6.07) is 11.9. The molecular weight excluding hydrogens is 475 g/mol. The number of amides is 1. The number of nitrogens with one attached hydrogen (secondary N) is 1. The molecule has 1 aliphatic rings. The summed E-state index contributed by atoms with van der Waals surface area (Å²) in [5, 5.41) is 12.1. The maximum Gasteiger partial charge on any atom is 0.251 e. The number of rotatable bonds is 10. The first-order valence-corrected chi connectivity index (χ1v) is 11.4. The summed E-state index contributed by atoms with van der Waals surface area (Å²) in [5.74, 6) is 0.0720. The van der Waals surface area contributed by atoms with Crippen LogP contribution in [-0.4, -0.2) is 42.0 Å². The molecule has 182 valence electrons. The molecule has 1 heterocycles. The Labute approximate surface area is 206 Å². The maximum absolute atomic E-state index is 13.5.